The zero-order valence-electron chi connectivity index (χ0n) is 6.13. The van der Waals surface area contributed by atoms with Gasteiger partial charge < -0.3 is 0 Å². The molecule has 0 saturated heterocycles. The second-order valence-electron chi connectivity index (χ2n) is 2.30. The van der Waals surface area contributed by atoms with Crippen LogP contribution in [0.15, 0.2) is 12.3 Å². The van der Waals surface area contributed by atoms with Crippen LogP contribution in [0.25, 0.3) is 11.0 Å². The summed E-state index contributed by atoms with van der Waals surface area (Å²) in [5.41, 5.74) is 1.15. The molecule has 6 heteroatoms. The number of nitrogens with zero attached hydrogens (tertiary/aromatic N) is 3. The van der Waals surface area contributed by atoms with E-state index in [0.717, 1.165) is 0 Å². The molecule has 0 bridgehead atoms. The summed E-state index contributed by atoms with van der Waals surface area (Å²) in [5.74, 6) is 0. The highest BCUT2D eigenvalue weighted by molar-refractivity contribution is 6.40. The van der Waals surface area contributed by atoms with Crippen molar-refractivity contribution in [3.63, 3.8) is 0 Å². The largest absolute Gasteiger partial charge is 0.242 e. The Morgan fingerprint density at radius 2 is 1.54 bits per heavy atom. The van der Waals surface area contributed by atoms with Gasteiger partial charge in [-0.15, -0.1) is 0 Å². The Bertz CT molecular complexity index is 472. The molecule has 0 saturated carbocycles. The van der Waals surface area contributed by atoms with Gasteiger partial charge in [-0.3, -0.25) is 0 Å². The summed E-state index contributed by atoms with van der Waals surface area (Å²) in [6, 6.07) is 1.58. The molecule has 13 heavy (non-hydrogen) atoms. The summed E-state index contributed by atoms with van der Waals surface area (Å²) in [4.78, 5) is 11.8. The molecule has 2 rings (SSSR count). The predicted octanol–water partition coefficient (Wildman–Crippen LogP) is 2.99. The lowest BCUT2D eigenvalue weighted by atomic mass is 10.4. The Labute approximate surface area is 88.7 Å². The summed E-state index contributed by atoms with van der Waals surface area (Å²) in [6.45, 7) is 0. The first-order chi connectivity index (χ1) is 6.16. The minimum atomic E-state index is 0.163. The summed E-state index contributed by atoms with van der Waals surface area (Å²) < 4.78 is 0. The fourth-order valence-corrected chi connectivity index (χ4v) is 1.31. The molecule has 0 aliphatic carbocycles. The maximum absolute atomic E-state index is 5.67. The lowest BCUT2D eigenvalue weighted by Gasteiger charge is -1.98. The van der Waals surface area contributed by atoms with E-state index in [0.29, 0.717) is 16.2 Å². The zero-order chi connectivity index (χ0) is 9.42. The van der Waals surface area contributed by atoms with Gasteiger partial charge in [0.2, 0.25) is 0 Å². The molecule has 2 aromatic heterocycles. The molecule has 0 aliphatic heterocycles. The van der Waals surface area contributed by atoms with Gasteiger partial charge in [0.1, 0.15) is 10.7 Å². The van der Waals surface area contributed by atoms with Crippen molar-refractivity contribution in [3.8, 4) is 0 Å². The summed E-state index contributed by atoms with van der Waals surface area (Å²) in [7, 11) is 0. The van der Waals surface area contributed by atoms with Crippen molar-refractivity contribution in [2.75, 3.05) is 0 Å². The number of fused-ring (bicyclic) bond motifs is 1. The minimum Gasteiger partial charge on any atom is -0.242 e. The molecule has 0 unspecified atom stereocenters. The van der Waals surface area contributed by atoms with E-state index >= 15 is 0 Å². The second kappa shape index (κ2) is 3.25. The molecule has 3 nitrogen and oxygen atoms in total. The van der Waals surface area contributed by atoms with Crippen LogP contribution in [0.1, 0.15) is 0 Å². The first-order valence-corrected chi connectivity index (χ1v) is 4.44. The van der Waals surface area contributed by atoms with E-state index in [-0.39, 0.29) is 10.3 Å². The van der Waals surface area contributed by atoms with Crippen LogP contribution >= 0.6 is 34.8 Å². The van der Waals surface area contributed by atoms with Gasteiger partial charge in [0.15, 0.2) is 10.3 Å². The monoisotopic (exact) mass is 233 g/mol. The van der Waals surface area contributed by atoms with E-state index in [1.54, 1.807) is 6.07 Å². The fraction of sp³-hybridized carbons (Fsp3) is 0. The van der Waals surface area contributed by atoms with E-state index in [1.807, 2.05) is 0 Å². The number of hydrogen-bond donors (Lipinski definition) is 0. The molecule has 2 heterocycles. The predicted molar refractivity (Wildman–Crippen MR) is 52.4 cm³/mol. The smallest absolute Gasteiger partial charge is 0.167 e. The van der Waals surface area contributed by atoms with Gasteiger partial charge >= 0.3 is 0 Å². The molecule has 0 radical (unpaired) electrons. The van der Waals surface area contributed by atoms with Crippen molar-refractivity contribution in [2.45, 2.75) is 0 Å². The Morgan fingerprint density at radius 1 is 0.923 bits per heavy atom. The van der Waals surface area contributed by atoms with E-state index in [1.165, 1.54) is 6.20 Å². The third kappa shape index (κ3) is 1.68. The normalized spacial score (nSPS) is 10.7. The molecule has 66 valence electrons. The van der Waals surface area contributed by atoms with Crippen molar-refractivity contribution >= 4 is 45.8 Å². The van der Waals surface area contributed by atoms with Crippen LogP contribution in [-0.4, -0.2) is 15.0 Å². The molecule has 0 atom stereocenters. The Balaban J connectivity index is 2.81. The maximum Gasteiger partial charge on any atom is 0.167 e. The molecular formula is C7H2Cl3N3. The molecule has 0 fully saturated rings. The quantitative estimate of drug-likeness (QED) is 0.658. The molecule has 0 aliphatic rings. The summed E-state index contributed by atoms with van der Waals surface area (Å²) in [6.07, 6.45) is 1.49. The highest BCUT2D eigenvalue weighted by atomic mass is 35.5. The number of halogens is 3. The van der Waals surface area contributed by atoms with Gasteiger partial charge in [0.25, 0.3) is 0 Å². The average Bonchev–Trinajstić information content (AvgIpc) is 2.08. The van der Waals surface area contributed by atoms with Crippen molar-refractivity contribution in [2.24, 2.45) is 0 Å². The maximum atomic E-state index is 5.67. The molecular weight excluding hydrogens is 232 g/mol. The highest BCUT2D eigenvalue weighted by Gasteiger charge is 2.04. The number of pyridine rings is 1. The molecule has 2 aromatic rings. The molecule has 0 amide bonds. The van der Waals surface area contributed by atoms with Crippen LogP contribution in [0.2, 0.25) is 15.5 Å². The topological polar surface area (TPSA) is 38.7 Å². The lowest BCUT2D eigenvalue weighted by molar-refractivity contribution is 1.25. The van der Waals surface area contributed by atoms with E-state index < -0.39 is 0 Å². The van der Waals surface area contributed by atoms with Gasteiger partial charge in [0.05, 0.1) is 11.7 Å². The summed E-state index contributed by atoms with van der Waals surface area (Å²) in [5, 5.41) is 0.676. The molecule has 0 N–H and O–H groups in total. The fourth-order valence-electron chi connectivity index (χ4n) is 0.892. The lowest BCUT2D eigenvalue weighted by Crippen LogP contribution is -1.87. The highest BCUT2D eigenvalue weighted by Crippen LogP contribution is 2.21. The van der Waals surface area contributed by atoms with Gasteiger partial charge in [-0.1, -0.05) is 34.8 Å². The van der Waals surface area contributed by atoms with E-state index in [9.17, 15) is 0 Å². The minimum absolute atomic E-state index is 0.163. The van der Waals surface area contributed by atoms with Gasteiger partial charge in [-0.2, -0.15) is 0 Å². The van der Waals surface area contributed by atoms with Gasteiger partial charge in [-0.05, 0) is 0 Å². The van der Waals surface area contributed by atoms with Crippen molar-refractivity contribution < 1.29 is 0 Å². The Kier molecular flexibility index (Phi) is 2.24. The number of rotatable bonds is 0. The third-order valence-electron chi connectivity index (χ3n) is 1.44. The first-order valence-electron chi connectivity index (χ1n) is 3.31. The van der Waals surface area contributed by atoms with Crippen molar-refractivity contribution in [3.05, 3.63) is 27.7 Å². The zero-order valence-corrected chi connectivity index (χ0v) is 8.40. The van der Waals surface area contributed by atoms with E-state index in [2.05, 4.69) is 15.0 Å². The van der Waals surface area contributed by atoms with Gasteiger partial charge in [-0.25, -0.2) is 15.0 Å². The first kappa shape index (κ1) is 8.94. The van der Waals surface area contributed by atoms with E-state index in [4.69, 9.17) is 34.8 Å². The SMILES string of the molecule is Clc1cc2nc(Cl)c(Cl)nc2cn1. The van der Waals surface area contributed by atoms with Crippen molar-refractivity contribution in [1.82, 2.24) is 15.0 Å². The molecule has 0 aromatic carbocycles. The Morgan fingerprint density at radius 3 is 2.23 bits per heavy atom. The third-order valence-corrected chi connectivity index (χ3v) is 2.27. The summed E-state index contributed by atoms with van der Waals surface area (Å²) >= 11 is 17.0. The van der Waals surface area contributed by atoms with Crippen LogP contribution < -0.4 is 0 Å². The van der Waals surface area contributed by atoms with Crippen LogP contribution in [0.3, 0.4) is 0 Å². The van der Waals surface area contributed by atoms with Crippen LogP contribution in [0.4, 0.5) is 0 Å². The standard InChI is InChI=1S/C7H2Cl3N3/c8-5-1-3-4(2-11-5)13-7(10)6(9)12-3/h1-2H. The van der Waals surface area contributed by atoms with Crippen LogP contribution in [0, 0.1) is 0 Å². The Hall–Kier alpha value is -0.640. The molecule has 0 spiro atoms. The van der Waals surface area contributed by atoms with Crippen LogP contribution in [0.5, 0.6) is 0 Å². The van der Waals surface area contributed by atoms with Gasteiger partial charge in [0, 0.05) is 6.07 Å². The van der Waals surface area contributed by atoms with Crippen LogP contribution in [-0.2, 0) is 0 Å². The second-order valence-corrected chi connectivity index (χ2v) is 3.40. The number of hydrogen-bond acceptors (Lipinski definition) is 3. The van der Waals surface area contributed by atoms with Crippen molar-refractivity contribution in [1.29, 1.82) is 0 Å². The average molecular weight is 234 g/mol. The number of aromatic nitrogens is 3.